The minimum Gasteiger partial charge on any atom is -0.388 e. The average Bonchev–Trinajstić information content (AvgIpc) is 2.65. The Morgan fingerprint density at radius 3 is 2.56 bits per heavy atom. The number of amides is 1. The Balaban J connectivity index is 2.13. The van der Waals surface area contributed by atoms with Crippen LogP contribution in [-0.2, 0) is 9.53 Å². The summed E-state index contributed by atoms with van der Waals surface area (Å²) in [6, 6.07) is -0.949. The second-order valence-electron chi connectivity index (χ2n) is 7.68. The number of rotatable bonds is 6. The maximum absolute atomic E-state index is 13.0. The Bertz CT molecular complexity index is 498. The molecule has 0 radical (unpaired) electrons. The summed E-state index contributed by atoms with van der Waals surface area (Å²) >= 11 is 7.56. The van der Waals surface area contributed by atoms with Crippen LogP contribution in [0.15, 0.2) is 0 Å². The van der Waals surface area contributed by atoms with Gasteiger partial charge in [-0.15, -0.1) is 23.4 Å². The third kappa shape index (κ3) is 5.29. The van der Waals surface area contributed by atoms with Crippen LogP contribution in [0, 0.1) is 5.92 Å². The Labute approximate surface area is 170 Å². The van der Waals surface area contributed by atoms with Crippen molar-refractivity contribution in [2.45, 2.75) is 80.4 Å². The fraction of sp³-hybridized carbons (Fsp3) is 0.944. The Kier molecular flexibility index (Phi) is 8.67. The van der Waals surface area contributed by atoms with Crippen molar-refractivity contribution >= 4 is 29.3 Å². The van der Waals surface area contributed by atoms with Crippen molar-refractivity contribution in [1.29, 1.82) is 0 Å². The number of carbonyl (C=O) groups is 1. The molecule has 0 aromatic rings. The van der Waals surface area contributed by atoms with Crippen molar-refractivity contribution in [2.75, 3.05) is 19.8 Å². The van der Waals surface area contributed by atoms with Gasteiger partial charge < -0.3 is 25.4 Å². The zero-order valence-corrected chi connectivity index (χ0v) is 18.0. The molecular weight excluding hydrogens is 392 g/mol. The number of likely N-dealkylation sites (tertiary alicyclic amines) is 1. The second-order valence-corrected chi connectivity index (χ2v) is 9.31. The molecule has 4 N–H and O–H groups in total. The minimum absolute atomic E-state index is 0.148. The lowest BCUT2D eigenvalue weighted by Gasteiger charge is -2.44. The van der Waals surface area contributed by atoms with Gasteiger partial charge in [0.2, 0.25) is 5.91 Å². The van der Waals surface area contributed by atoms with E-state index in [9.17, 15) is 20.1 Å². The molecule has 2 saturated heterocycles. The molecule has 9 atom stereocenters. The molecule has 2 aliphatic heterocycles. The largest absolute Gasteiger partial charge is 0.388 e. The molecule has 2 aliphatic rings. The number of nitrogens with one attached hydrogen (secondary N) is 1. The van der Waals surface area contributed by atoms with E-state index in [4.69, 9.17) is 16.3 Å². The molecule has 9 heteroatoms. The van der Waals surface area contributed by atoms with Gasteiger partial charge in [0, 0.05) is 0 Å². The zero-order chi connectivity index (χ0) is 20.3. The first-order chi connectivity index (χ1) is 12.7. The summed E-state index contributed by atoms with van der Waals surface area (Å²) in [6.45, 7) is 4.71. The number of nitrogens with zero attached hydrogens (tertiary/aromatic N) is 1. The molecule has 2 rings (SSSR count). The van der Waals surface area contributed by atoms with Crippen molar-refractivity contribution in [2.24, 2.45) is 5.92 Å². The maximum Gasteiger partial charge on any atom is 0.237 e. The summed E-state index contributed by atoms with van der Waals surface area (Å²) in [5.74, 6) is 0.364. The van der Waals surface area contributed by atoms with Gasteiger partial charge in [-0.25, -0.2) is 0 Å². The molecule has 2 fully saturated rings. The SMILES string of the molecule is CC[C@H]1CCN(C)[C@@H](C(=O)NC(C(C)Cl)C2OC(SC)C(O)C(O)C2O)C1. The number of hydrogen-bond acceptors (Lipinski definition) is 7. The first kappa shape index (κ1) is 23.2. The highest BCUT2D eigenvalue weighted by Gasteiger charge is 2.48. The summed E-state index contributed by atoms with van der Waals surface area (Å²) in [7, 11) is 1.94. The Morgan fingerprint density at radius 2 is 2.00 bits per heavy atom. The normalized spacial score (nSPS) is 40.4. The van der Waals surface area contributed by atoms with E-state index in [1.54, 1.807) is 13.2 Å². The first-order valence-electron chi connectivity index (χ1n) is 9.58. The van der Waals surface area contributed by atoms with Crippen molar-refractivity contribution in [3.8, 4) is 0 Å². The average molecular weight is 425 g/mol. The third-order valence-electron chi connectivity index (χ3n) is 5.86. The third-order valence-corrected chi connectivity index (χ3v) is 6.98. The van der Waals surface area contributed by atoms with E-state index in [1.165, 1.54) is 11.8 Å². The fourth-order valence-corrected chi connectivity index (χ4v) is 4.80. The summed E-state index contributed by atoms with van der Waals surface area (Å²) < 4.78 is 5.80. The van der Waals surface area contributed by atoms with E-state index in [0.29, 0.717) is 5.92 Å². The van der Waals surface area contributed by atoms with Crippen LogP contribution < -0.4 is 5.32 Å². The smallest absolute Gasteiger partial charge is 0.237 e. The molecule has 7 unspecified atom stereocenters. The van der Waals surface area contributed by atoms with Crippen LogP contribution in [0.4, 0.5) is 0 Å². The molecule has 1 amide bonds. The molecule has 158 valence electrons. The van der Waals surface area contributed by atoms with Crippen molar-refractivity contribution < 1.29 is 24.9 Å². The predicted octanol–water partition coefficient (Wildman–Crippen LogP) is 0.390. The Hall–Kier alpha value is -0.0900. The highest BCUT2D eigenvalue weighted by molar-refractivity contribution is 7.99. The van der Waals surface area contributed by atoms with Crippen LogP contribution in [0.5, 0.6) is 0 Å². The summed E-state index contributed by atoms with van der Waals surface area (Å²) in [4.78, 5) is 15.0. The van der Waals surface area contributed by atoms with Gasteiger partial charge in [-0.1, -0.05) is 13.3 Å². The van der Waals surface area contributed by atoms with Crippen LogP contribution in [-0.4, -0.2) is 93.3 Å². The molecule has 0 aromatic carbocycles. The van der Waals surface area contributed by atoms with Gasteiger partial charge in [-0.05, 0) is 45.5 Å². The van der Waals surface area contributed by atoms with Gasteiger partial charge >= 0.3 is 0 Å². The van der Waals surface area contributed by atoms with Crippen molar-refractivity contribution in [3.05, 3.63) is 0 Å². The highest BCUT2D eigenvalue weighted by Crippen LogP contribution is 2.31. The van der Waals surface area contributed by atoms with Crippen LogP contribution >= 0.6 is 23.4 Å². The first-order valence-corrected chi connectivity index (χ1v) is 11.3. The van der Waals surface area contributed by atoms with Gasteiger partial charge in [0.1, 0.15) is 29.9 Å². The molecule has 0 spiro atoms. The number of ether oxygens (including phenoxy) is 1. The lowest BCUT2D eigenvalue weighted by Crippen LogP contribution is -2.65. The fourth-order valence-electron chi connectivity index (χ4n) is 3.92. The molecule has 7 nitrogen and oxygen atoms in total. The molecule has 0 bridgehead atoms. The van der Waals surface area contributed by atoms with Crippen LogP contribution in [0.3, 0.4) is 0 Å². The lowest BCUT2D eigenvalue weighted by molar-refractivity contribution is -0.205. The number of aliphatic hydroxyl groups excluding tert-OH is 3. The van der Waals surface area contributed by atoms with Crippen LogP contribution in [0.25, 0.3) is 0 Å². The van der Waals surface area contributed by atoms with E-state index in [-0.39, 0.29) is 11.9 Å². The van der Waals surface area contributed by atoms with Gasteiger partial charge in [0.05, 0.1) is 17.5 Å². The number of alkyl halides is 1. The number of piperidine rings is 1. The van der Waals surface area contributed by atoms with E-state index < -0.39 is 41.3 Å². The standard InChI is InChI=1S/C18H33ClN2O5S/c1-5-10-6-7-21(3)11(8-10)17(25)20-12(9(2)19)16-14(23)13(22)15(24)18(26-16)27-4/h9-16,18,22-24H,5-8H2,1-4H3,(H,20,25)/t9?,10-,11+,12?,13?,14?,15?,16?,18?/m0/s1. The lowest BCUT2D eigenvalue weighted by atomic mass is 9.88. The van der Waals surface area contributed by atoms with Crippen LogP contribution in [0.1, 0.15) is 33.1 Å². The molecule has 0 aliphatic carbocycles. The summed E-state index contributed by atoms with van der Waals surface area (Å²) in [5, 5.41) is 33.1. The molecule has 0 saturated carbocycles. The van der Waals surface area contributed by atoms with Gasteiger partial charge in [0.25, 0.3) is 0 Å². The number of halogens is 1. The number of thioether (sulfide) groups is 1. The van der Waals surface area contributed by atoms with E-state index >= 15 is 0 Å². The predicted molar refractivity (Wildman–Crippen MR) is 107 cm³/mol. The maximum atomic E-state index is 13.0. The Morgan fingerprint density at radius 1 is 1.33 bits per heavy atom. The highest BCUT2D eigenvalue weighted by atomic mass is 35.5. The molecule has 0 aromatic heterocycles. The van der Waals surface area contributed by atoms with E-state index in [1.807, 2.05) is 11.9 Å². The molecule has 2 heterocycles. The van der Waals surface area contributed by atoms with Crippen LogP contribution in [0.2, 0.25) is 0 Å². The number of carbonyl (C=O) groups excluding carboxylic acids is 1. The van der Waals surface area contributed by atoms with Gasteiger partial charge in [-0.3, -0.25) is 9.69 Å². The van der Waals surface area contributed by atoms with Gasteiger partial charge in [-0.2, -0.15) is 0 Å². The minimum atomic E-state index is -1.36. The van der Waals surface area contributed by atoms with Crippen molar-refractivity contribution in [3.63, 3.8) is 0 Å². The van der Waals surface area contributed by atoms with Gasteiger partial charge in [0.15, 0.2) is 0 Å². The molecule has 27 heavy (non-hydrogen) atoms. The number of aliphatic hydroxyl groups is 3. The quantitative estimate of drug-likeness (QED) is 0.457. The zero-order valence-electron chi connectivity index (χ0n) is 16.4. The summed E-state index contributed by atoms with van der Waals surface area (Å²) in [5.41, 5.74) is -0.704. The monoisotopic (exact) mass is 424 g/mol. The summed E-state index contributed by atoms with van der Waals surface area (Å²) in [6.07, 6.45) is -0.177. The van der Waals surface area contributed by atoms with E-state index in [2.05, 4.69) is 12.2 Å². The number of likely N-dealkylation sites (N-methyl/N-ethyl adjacent to an activating group) is 1. The number of hydrogen-bond donors (Lipinski definition) is 4. The topological polar surface area (TPSA) is 102 Å². The second kappa shape index (κ2) is 10.1. The van der Waals surface area contributed by atoms with Crippen molar-refractivity contribution in [1.82, 2.24) is 10.2 Å². The van der Waals surface area contributed by atoms with E-state index in [0.717, 1.165) is 25.8 Å². The molecular formula is C18H33ClN2O5S.